The molecular weight excluding hydrogens is 446 g/mol. The molecule has 0 unspecified atom stereocenters. The smallest absolute Gasteiger partial charge is 0.269 e. The summed E-state index contributed by atoms with van der Waals surface area (Å²) in [6, 6.07) is 17.5. The van der Waals surface area contributed by atoms with Gasteiger partial charge in [-0.25, -0.2) is 5.01 Å². The summed E-state index contributed by atoms with van der Waals surface area (Å²) in [6.45, 7) is 0. The Hall–Kier alpha value is -3.78. The van der Waals surface area contributed by atoms with Crippen LogP contribution >= 0.6 is 11.6 Å². The van der Waals surface area contributed by atoms with Gasteiger partial charge in [-0.1, -0.05) is 11.6 Å². The molecule has 2 atom stereocenters. The van der Waals surface area contributed by atoms with Crippen LogP contribution in [0.1, 0.15) is 35.4 Å². The molecule has 2 aliphatic rings. The highest BCUT2D eigenvalue weighted by Gasteiger charge is 2.41. The lowest BCUT2D eigenvalue weighted by molar-refractivity contribution is -0.384. The van der Waals surface area contributed by atoms with Crippen LogP contribution in [0.25, 0.3) is 0 Å². The average molecular weight is 466 g/mol. The number of benzene rings is 3. The van der Waals surface area contributed by atoms with Gasteiger partial charge in [-0.05, 0) is 48.5 Å². The Kier molecular flexibility index (Phi) is 5.30. The van der Waals surface area contributed by atoms with Crippen molar-refractivity contribution in [1.29, 1.82) is 0 Å². The minimum Gasteiger partial charge on any atom is -0.493 e. The summed E-state index contributed by atoms with van der Waals surface area (Å²) in [6.07, 6.45) is 0.0949. The first-order valence-electron chi connectivity index (χ1n) is 10.3. The number of non-ortho nitro benzene ring substituents is 1. The largest absolute Gasteiger partial charge is 0.493 e. The van der Waals surface area contributed by atoms with E-state index in [0.29, 0.717) is 28.7 Å². The molecule has 2 heterocycles. The molecular formula is C24H20ClN3O5. The lowest BCUT2D eigenvalue weighted by Crippen LogP contribution is -2.33. The third-order valence-corrected chi connectivity index (χ3v) is 6.09. The molecule has 3 aromatic rings. The molecule has 0 saturated carbocycles. The van der Waals surface area contributed by atoms with E-state index >= 15 is 0 Å². The highest BCUT2D eigenvalue weighted by Crippen LogP contribution is 2.48. The Morgan fingerprint density at radius 2 is 1.82 bits per heavy atom. The fourth-order valence-electron chi connectivity index (χ4n) is 4.23. The lowest BCUT2D eigenvalue weighted by Gasteiger charge is -2.38. The van der Waals surface area contributed by atoms with Gasteiger partial charge < -0.3 is 14.2 Å². The molecule has 0 spiro atoms. The first kappa shape index (κ1) is 21.1. The van der Waals surface area contributed by atoms with Crippen LogP contribution < -0.4 is 14.2 Å². The number of nitro groups is 1. The van der Waals surface area contributed by atoms with E-state index in [1.807, 2.05) is 35.3 Å². The average Bonchev–Trinajstić information content (AvgIpc) is 3.29. The Labute approximate surface area is 195 Å². The second-order valence-electron chi connectivity index (χ2n) is 7.72. The summed E-state index contributed by atoms with van der Waals surface area (Å²) >= 11 is 6.29. The summed E-state index contributed by atoms with van der Waals surface area (Å²) in [7, 11) is 3.19. The van der Waals surface area contributed by atoms with Crippen molar-refractivity contribution in [2.45, 2.75) is 18.7 Å². The first-order valence-corrected chi connectivity index (χ1v) is 10.6. The molecule has 8 nitrogen and oxygen atoms in total. The Bertz CT molecular complexity index is 1260. The van der Waals surface area contributed by atoms with Crippen LogP contribution in [-0.2, 0) is 0 Å². The van der Waals surface area contributed by atoms with Gasteiger partial charge in [-0.3, -0.25) is 10.1 Å². The van der Waals surface area contributed by atoms with E-state index in [1.54, 1.807) is 32.4 Å². The fourth-order valence-corrected chi connectivity index (χ4v) is 4.41. The molecule has 0 saturated heterocycles. The van der Waals surface area contributed by atoms with Crippen molar-refractivity contribution in [2.75, 3.05) is 14.2 Å². The van der Waals surface area contributed by atoms with Crippen LogP contribution in [0.4, 0.5) is 5.69 Å². The van der Waals surface area contributed by atoms with Gasteiger partial charge in [0.05, 0.1) is 30.9 Å². The van der Waals surface area contributed by atoms with Gasteiger partial charge in [-0.15, -0.1) is 0 Å². The molecule has 33 heavy (non-hydrogen) atoms. The number of hydrogen-bond acceptors (Lipinski definition) is 7. The van der Waals surface area contributed by atoms with E-state index in [4.69, 9.17) is 30.9 Å². The maximum absolute atomic E-state index is 11.1. The molecule has 0 fully saturated rings. The summed E-state index contributed by atoms with van der Waals surface area (Å²) in [5, 5.41) is 18.5. The quantitative estimate of drug-likeness (QED) is 0.365. The number of hydrogen-bond donors (Lipinski definition) is 0. The van der Waals surface area contributed by atoms with Gasteiger partial charge in [-0.2, -0.15) is 5.10 Å². The molecule has 5 rings (SSSR count). The molecule has 0 bridgehead atoms. The molecule has 168 valence electrons. The zero-order chi connectivity index (χ0) is 23.1. The van der Waals surface area contributed by atoms with E-state index in [1.165, 1.54) is 12.1 Å². The normalized spacial score (nSPS) is 18.6. The molecule has 0 amide bonds. The van der Waals surface area contributed by atoms with Crippen molar-refractivity contribution in [1.82, 2.24) is 5.01 Å². The zero-order valence-corrected chi connectivity index (χ0v) is 18.7. The molecule has 2 aliphatic heterocycles. The maximum Gasteiger partial charge on any atom is 0.269 e. The van der Waals surface area contributed by atoms with E-state index in [2.05, 4.69) is 0 Å². The summed E-state index contributed by atoms with van der Waals surface area (Å²) in [5.74, 6) is 1.98. The van der Waals surface area contributed by atoms with Gasteiger partial charge >= 0.3 is 0 Å². The highest BCUT2D eigenvalue weighted by molar-refractivity contribution is 6.30. The second-order valence-corrected chi connectivity index (χ2v) is 8.15. The van der Waals surface area contributed by atoms with Crippen LogP contribution in [0.3, 0.4) is 0 Å². The number of nitrogens with zero attached hydrogens (tertiary/aromatic N) is 3. The minimum atomic E-state index is -0.540. The van der Waals surface area contributed by atoms with E-state index in [0.717, 1.165) is 22.4 Å². The maximum atomic E-state index is 11.1. The van der Waals surface area contributed by atoms with Gasteiger partial charge in [0.15, 0.2) is 11.5 Å². The van der Waals surface area contributed by atoms with Crippen molar-refractivity contribution in [2.24, 2.45) is 5.10 Å². The van der Waals surface area contributed by atoms with Crippen LogP contribution in [0.5, 0.6) is 17.2 Å². The number of ether oxygens (including phenoxy) is 3. The van der Waals surface area contributed by atoms with E-state index in [-0.39, 0.29) is 11.7 Å². The Morgan fingerprint density at radius 1 is 1.06 bits per heavy atom. The predicted molar refractivity (Wildman–Crippen MR) is 123 cm³/mol. The van der Waals surface area contributed by atoms with Gasteiger partial charge in [0.1, 0.15) is 5.75 Å². The summed E-state index contributed by atoms with van der Waals surface area (Å²) < 4.78 is 17.1. The predicted octanol–water partition coefficient (Wildman–Crippen LogP) is 5.51. The fraction of sp³-hybridized carbons (Fsp3) is 0.208. The van der Waals surface area contributed by atoms with Gasteiger partial charge in [0.25, 0.3) is 5.69 Å². The standard InChI is InChI=1S/C24H20ClN3O5/c1-31-22-9-5-15(11-23(22)32-2)19-13-20-18-12-16(25)6-10-21(18)33-24(27(20)26-19)14-3-7-17(8-4-14)28(29)30/h3-12,20,24H,13H2,1-2H3/t20-,24-/m1/s1. The monoisotopic (exact) mass is 465 g/mol. The van der Waals surface area contributed by atoms with Crippen LogP contribution in [0.15, 0.2) is 65.8 Å². The number of fused-ring (bicyclic) bond motifs is 3. The Morgan fingerprint density at radius 3 is 2.52 bits per heavy atom. The molecule has 9 heteroatoms. The van der Waals surface area contributed by atoms with Crippen LogP contribution in [0, 0.1) is 10.1 Å². The van der Waals surface area contributed by atoms with Crippen molar-refractivity contribution in [3.8, 4) is 17.2 Å². The second kappa shape index (κ2) is 8.29. The number of nitro benzene ring substituents is 1. The third-order valence-electron chi connectivity index (χ3n) is 5.86. The topological polar surface area (TPSA) is 86.4 Å². The van der Waals surface area contributed by atoms with Gasteiger partial charge in [0.2, 0.25) is 6.23 Å². The third kappa shape index (κ3) is 3.72. The van der Waals surface area contributed by atoms with Crippen molar-refractivity contribution >= 4 is 23.0 Å². The SMILES string of the molecule is COc1ccc(C2=NN3[C@H](C2)c2cc(Cl)ccc2O[C@@H]3c2ccc([N+](=O)[O-])cc2)cc1OC. The number of hydrazone groups is 1. The molecule has 0 radical (unpaired) electrons. The van der Waals surface area contributed by atoms with Crippen molar-refractivity contribution in [3.63, 3.8) is 0 Å². The van der Waals surface area contributed by atoms with E-state index < -0.39 is 11.2 Å². The first-order chi connectivity index (χ1) is 16.0. The van der Waals surface area contributed by atoms with Crippen molar-refractivity contribution < 1.29 is 19.1 Å². The lowest BCUT2D eigenvalue weighted by atomic mass is 9.95. The number of halogens is 1. The minimum absolute atomic E-state index is 0.0224. The molecule has 3 aromatic carbocycles. The van der Waals surface area contributed by atoms with Crippen LogP contribution in [0.2, 0.25) is 5.02 Å². The summed E-state index contributed by atoms with van der Waals surface area (Å²) in [5.41, 5.74) is 3.51. The molecule has 0 aliphatic carbocycles. The zero-order valence-electron chi connectivity index (χ0n) is 17.9. The highest BCUT2D eigenvalue weighted by atomic mass is 35.5. The van der Waals surface area contributed by atoms with Crippen LogP contribution in [-0.4, -0.2) is 29.9 Å². The number of methoxy groups -OCH3 is 2. The molecule has 0 N–H and O–H groups in total. The van der Waals surface area contributed by atoms with E-state index in [9.17, 15) is 10.1 Å². The molecule has 0 aromatic heterocycles. The number of rotatable bonds is 5. The Balaban J connectivity index is 1.57. The van der Waals surface area contributed by atoms with Crippen molar-refractivity contribution in [3.05, 3.63) is 92.5 Å². The van der Waals surface area contributed by atoms with Gasteiger partial charge in [0, 0.05) is 40.3 Å². The summed E-state index contributed by atoms with van der Waals surface area (Å²) in [4.78, 5) is 10.7.